The molecule has 1 saturated heterocycles. The van der Waals surface area contributed by atoms with Crippen molar-refractivity contribution in [2.24, 2.45) is 11.8 Å². The van der Waals surface area contributed by atoms with E-state index >= 15 is 0 Å². The molecule has 4 rings (SSSR count). The van der Waals surface area contributed by atoms with Crippen LogP contribution in [0.15, 0.2) is 48.9 Å². The van der Waals surface area contributed by atoms with Crippen LogP contribution in [-0.2, 0) is 11.2 Å². The highest BCUT2D eigenvalue weighted by atomic mass is 16.5. The number of aliphatic carboxylic acids is 1. The maximum absolute atomic E-state index is 12.1. The number of carboxylic acids is 1. The van der Waals surface area contributed by atoms with Crippen molar-refractivity contribution in [3.63, 3.8) is 0 Å². The topological polar surface area (TPSA) is 109 Å². The highest BCUT2D eigenvalue weighted by Crippen LogP contribution is 2.33. The van der Waals surface area contributed by atoms with E-state index in [1.165, 1.54) is 0 Å². The summed E-state index contributed by atoms with van der Waals surface area (Å²) >= 11 is 0. The molecule has 3 heterocycles. The number of carbonyl (C=O) groups is 1. The van der Waals surface area contributed by atoms with Crippen LogP contribution in [0.5, 0.6) is 5.75 Å². The quantitative estimate of drug-likeness (QED) is 0.400. The molecule has 8 heteroatoms. The molecule has 0 amide bonds. The van der Waals surface area contributed by atoms with Gasteiger partial charge in [0.05, 0.1) is 24.6 Å². The molecule has 0 spiro atoms. The number of methoxy groups -OCH3 is 1. The van der Waals surface area contributed by atoms with Crippen LogP contribution in [0.2, 0.25) is 0 Å². The third kappa shape index (κ3) is 6.52. The van der Waals surface area contributed by atoms with E-state index in [0.717, 1.165) is 61.1 Å². The SMILES string of the molecule is COc1ccc2nccc(C(O)CC[C@@H]3CCN(CCCCc4ncccn4)C[C@@H]3C(=O)O)c2c1. The van der Waals surface area contributed by atoms with E-state index in [9.17, 15) is 15.0 Å². The molecule has 0 bridgehead atoms. The number of aryl methyl sites for hydroxylation is 1. The van der Waals surface area contributed by atoms with Gasteiger partial charge in [0.15, 0.2) is 0 Å². The summed E-state index contributed by atoms with van der Waals surface area (Å²) in [6, 6.07) is 9.28. The molecule has 1 aliphatic heterocycles. The van der Waals surface area contributed by atoms with Gasteiger partial charge in [0.1, 0.15) is 11.6 Å². The van der Waals surface area contributed by atoms with Crippen molar-refractivity contribution in [2.45, 2.75) is 44.6 Å². The Bertz CT molecular complexity index is 1110. The molecule has 2 aromatic heterocycles. The first-order chi connectivity index (χ1) is 17.0. The van der Waals surface area contributed by atoms with E-state index in [2.05, 4.69) is 19.9 Å². The number of fused-ring (bicyclic) bond motifs is 1. The Hall–Kier alpha value is -3.10. The second-order valence-corrected chi connectivity index (χ2v) is 9.29. The number of ether oxygens (including phenoxy) is 1. The Morgan fingerprint density at radius 1 is 1.17 bits per heavy atom. The minimum absolute atomic E-state index is 0.0544. The fourth-order valence-corrected chi connectivity index (χ4v) is 5.07. The molecule has 1 unspecified atom stereocenters. The maximum Gasteiger partial charge on any atom is 0.308 e. The van der Waals surface area contributed by atoms with Gasteiger partial charge >= 0.3 is 5.97 Å². The number of likely N-dealkylation sites (tertiary alicyclic amines) is 1. The van der Waals surface area contributed by atoms with Gasteiger partial charge < -0.3 is 19.8 Å². The van der Waals surface area contributed by atoms with Crippen LogP contribution in [0, 0.1) is 11.8 Å². The van der Waals surface area contributed by atoms with E-state index in [4.69, 9.17) is 4.74 Å². The van der Waals surface area contributed by atoms with Crippen LogP contribution in [0.25, 0.3) is 10.9 Å². The van der Waals surface area contributed by atoms with Crippen molar-refractivity contribution >= 4 is 16.9 Å². The van der Waals surface area contributed by atoms with Gasteiger partial charge in [-0.2, -0.15) is 0 Å². The molecule has 1 aromatic carbocycles. The number of aliphatic hydroxyl groups excluding tert-OH is 1. The Kier molecular flexibility index (Phi) is 8.60. The second kappa shape index (κ2) is 12.0. The number of hydrogen-bond acceptors (Lipinski definition) is 7. The Labute approximate surface area is 206 Å². The summed E-state index contributed by atoms with van der Waals surface area (Å²) < 4.78 is 5.33. The summed E-state index contributed by atoms with van der Waals surface area (Å²) in [6.45, 7) is 2.34. The highest BCUT2D eigenvalue weighted by molar-refractivity contribution is 5.83. The highest BCUT2D eigenvalue weighted by Gasteiger charge is 2.34. The van der Waals surface area contributed by atoms with E-state index in [-0.39, 0.29) is 5.92 Å². The lowest BCUT2D eigenvalue weighted by atomic mass is 9.81. The van der Waals surface area contributed by atoms with Crippen LogP contribution in [-0.4, -0.2) is 62.8 Å². The molecule has 186 valence electrons. The molecule has 3 atom stereocenters. The van der Waals surface area contributed by atoms with E-state index in [1.807, 2.05) is 30.3 Å². The fraction of sp³-hybridized carbons (Fsp3) is 0.481. The average Bonchev–Trinajstić information content (AvgIpc) is 2.89. The van der Waals surface area contributed by atoms with Gasteiger partial charge in [-0.15, -0.1) is 0 Å². The number of carboxylic acid groups (broad SMARTS) is 1. The molecule has 0 aliphatic carbocycles. The smallest absolute Gasteiger partial charge is 0.308 e. The van der Waals surface area contributed by atoms with Gasteiger partial charge in [0.2, 0.25) is 0 Å². The number of hydrogen-bond donors (Lipinski definition) is 2. The summed E-state index contributed by atoms with van der Waals surface area (Å²) in [5.41, 5.74) is 1.61. The molecule has 2 N–H and O–H groups in total. The lowest BCUT2D eigenvalue weighted by Crippen LogP contribution is -2.44. The van der Waals surface area contributed by atoms with Gasteiger partial charge in [-0.05, 0) is 87.0 Å². The lowest BCUT2D eigenvalue weighted by molar-refractivity contribution is -0.146. The van der Waals surface area contributed by atoms with E-state index in [1.54, 1.807) is 25.7 Å². The van der Waals surface area contributed by atoms with Crippen LogP contribution in [0.1, 0.15) is 49.6 Å². The molecule has 35 heavy (non-hydrogen) atoms. The molecular formula is C27H34N4O4. The number of unbranched alkanes of at least 4 members (excludes halogenated alkanes) is 1. The van der Waals surface area contributed by atoms with Crippen LogP contribution < -0.4 is 4.74 Å². The van der Waals surface area contributed by atoms with Gasteiger partial charge in [-0.3, -0.25) is 9.78 Å². The van der Waals surface area contributed by atoms with Crippen molar-refractivity contribution in [3.8, 4) is 5.75 Å². The summed E-state index contributed by atoms with van der Waals surface area (Å²) in [7, 11) is 1.61. The predicted octanol–water partition coefficient (Wildman–Crippen LogP) is 3.89. The van der Waals surface area contributed by atoms with E-state index in [0.29, 0.717) is 25.1 Å². The predicted molar refractivity (Wildman–Crippen MR) is 133 cm³/mol. The van der Waals surface area contributed by atoms with Gasteiger partial charge in [0, 0.05) is 36.9 Å². The van der Waals surface area contributed by atoms with Crippen molar-refractivity contribution < 1.29 is 19.7 Å². The summed E-state index contributed by atoms with van der Waals surface area (Å²) in [5.74, 6) is 0.467. The normalized spacial score (nSPS) is 19.5. The zero-order valence-corrected chi connectivity index (χ0v) is 20.2. The lowest BCUT2D eigenvalue weighted by Gasteiger charge is -2.37. The number of rotatable bonds is 11. The number of pyridine rings is 1. The first-order valence-electron chi connectivity index (χ1n) is 12.4. The minimum atomic E-state index is -0.744. The molecule has 0 saturated carbocycles. The number of aliphatic hydroxyl groups is 1. The third-order valence-corrected chi connectivity index (χ3v) is 7.05. The second-order valence-electron chi connectivity index (χ2n) is 9.29. The van der Waals surface area contributed by atoms with Crippen molar-refractivity contribution in [3.05, 3.63) is 60.3 Å². The van der Waals surface area contributed by atoms with Gasteiger partial charge in [-0.1, -0.05) is 0 Å². The van der Waals surface area contributed by atoms with E-state index < -0.39 is 18.0 Å². The number of aromatic nitrogens is 3. The van der Waals surface area contributed by atoms with Gasteiger partial charge in [-0.25, -0.2) is 9.97 Å². The monoisotopic (exact) mass is 478 g/mol. The average molecular weight is 479 g/mol. The van der Waals surface area contributed by atoms with Crippen molar-refractivity contribution in [1.29, 1.82) is 0 Å². The Morgan fingerprint density at radius 2 is 2.00 bits per heavy atom. The first-order valence-corrected chi connectivity index (χ1v) is 12.4. The Balaban J connectivity index is 1.30. The summed E-state index contributed by atoms with van der Waals surface area (Å²) in [6.07, 6.45) is 9.38. The van der Waals surface area contributed by atoms with Gasteiger partial charge in [0.25, 0.3) is 0 Å². The van der Waals surface area contributed by atoms with Crippen molar-refractivity contribution in [2.75, 3.05) is 26.7 Å². The van der Waals surface area contributed by atoms with Crippen LogP contribution in [0.4, 0.5) is 0 Å². The molecule has 1 aliphatic rings. The largest absolute Gasteiger partial charge is 0.497 e. The standard InChI is InChI=1S/C27H34N4O4/c1-35-20-7-8-24-22(17-20)21(10-14-28-24)25(32)9-6-19-11-16-31(18-23(19)27(33)34)15-3-2-5-26-29-12-4-13-30-26/h4,7-8,10,12-14,17,19,23,25,32H,2-3,5-6,9,11,15-16,18H2,1H3,(H,33,34)/t19-,23+,25?/m1/s1. The number of benzene rings is 1. The van der Waals surface area contributed by atoms with Crippen LogP contribution >= 0.6 is 0 Å². The number of piperidine rings is 1. The molecule has 1 fully saturated rings. The number of nitrogens with zero attached hydrogens (tertiary/aromatic N) is 4. The fourth-order valence-electron chi connectivity index (χ4n) is 5.07. The summed E-state index contributed by atoms with van der Waals surface area (Å²) in [4.78, 5) is 27.2. The first kappa shape index (κ1) is 25.0. The maximum atomic E-state index is 12.1. The molecule has 8 nitrogen and oxygen atoms in total. The van der Waals surface area contributed by atoms with Crippen molar-refractivity contribution in [1.82, 2.24) is 19.9 Å². The zero-order chi connectivity index (χ0) is 24.6. The van der Waals surface area contributed by atoms with Crippen LogP contribution in [0.3, 0.4) is 0 Å². The Morgan fingerprint density at radius 3 is 2.77 bits per heavy atom. The molecule has 0 radical (unpaired) electrons. The molecule has 3 aromatic rings. The third-order valence-electron chi connectivity index (χ3n) is 7.05. The molecular weight excluding hydrogens is 444 g/mol. The summed E-state index contributed by atoms with van der Waals surface area (Å²) in [5, 5.41) is 21.8. The zero-order valence-electron chi connectivity index (χ0n) is 20.2. The minimum Gasteiger partial charge on any atom is -0.497 e.